The molecule has 1 aliphatic heterocycles. The Morgan fingerprint density at radius 2 is 1.86 bits per heavy atom. The van der Waals surface area contributed by atoms with Gasteiger partial charge in [-0.25, -0.2) is 4.98 Å². The Labute approximate surface area is 189 Å². The topological polar surface area (TPSA) is 45.5 Å². The molecule has 2 heterocycles. The fraction of sp³-hybridized carbons (Fsp3) is 0.304. The molecule has 152 valence electrons. The van der Waals surface area contributed by atoms with E-state index in [-0.39, 0.29) is 24.0 Å². The van der Waals surface area contributed by atoms with E-state index in [0.29, 0.717) is 5.92 Å². The third-order valence-electron chi connectivity index (χ3n) is 5.37. The third-order valence-corrected chi connectivity index (χ3v) is 5.37. The van der Waals surface area contributed by atoms with E-state index in [0.717, 1.165) is 32.1 Å². The van der Waals surface area contributed by atoms with E-state index in [1.54, 1.807) is 0 Å². The van der Waals surface area contributed by atoms with Crippen molar-refractivity contribution in [3.05, 3.63) is 90.0 Å². The van der Waals surface area contributed by atoms with E-state index in [4.69, 9.17) is 0 Å². The molecule has 0 spiro atoms. The molecule has 0 amide bonds. The lowest BCUT2D eigenvalue weighted by Gasteiger charge is -2.22. The van der Waals surface area contributed by atoms with Crippen LogP contribution in [0.1, 0.15) is 29.0 Å². The highest BCUT2D eigenvalue weighted by Gasteiger charge is 2.25. The third kappa shape index (κ3) is 5.59. The van der Waals surface area contributed by atoms with Gasteiger partial charge in [0.1, 0.15) is 0 Å². The van der Waals surface area contributed by atoms with E-state index in [1.807, 2.05) is 25.8 Å². The summed E-state index contributed by atoms with van der Waals surface area (Å²) in [4.78, 5) is 11.0. The minimum Gasteiger partial charge on any atom is -0.352 e. The van der Waals surface area contributed by atoms with E-state index in [1.165, 1.54) is 23.1 Å². The summed E-state index contributed by atoms with van der Waals surface area (Å²) in [7, 11) is 1.87. The van der Waals surface area contributed by atoms with Crippen LogP contribution in [0.2, 0.25) is 0 Å². The van der Waals surface area contributed by atoms with Crippen molar-refractivity contribution in [3.63, 3.8) is 0 Å². The molecule has 1 aromatic heterocycles. The molecule has 29 heavy (non-hydrogen) atoms. The number of likely N-dealkylation sites (tertiary alicyclic amines) is 1. The maximum atomic E-state index is 4.50. The van der Waals surface area contributed by atoms with Crippen LogP contribution in [0.15, 0.2) is 78.3 Å². The van der Waals surface area contributed by atoms with Gasteiger partial charge < -0.3 is 14.8 Å². The standard InChI is InChI=1S/C23H27N5.HI/c1-24-23(28-13-11-22(17-28)21-5-3-2-4-6-21)26-15-19-7-9-20(10-8-19)16-27-14-12-25-18-27;/h2-10,12,14,18,22H,11,13,15-17H2,1H3,(H,24,26);1H. The van der Waals surface area contributed by atoms with Gasteiger partial charge in [-0.3, -0.25) is 4.99 Å². The van der Waals surface area contributed by atoms with Crippen LogP contribution < -0.4 is 5.32 Å². The number of guanidine groups is 1. The van der Waals surface area contributed by atoms with Gasteiger partial charge in [-0.15, -0.1) is 24.0 Å². The second-order valence-electron chi connectivity index (χ2n) is 7.29. The molecule has 0 bridgehead atoms. The zero-order valence-electron chi connectivity index (χ0n) is 16.7. The number of hydrogen-bond acceptors (Lipinski definition) is 2. The molecule has 1 aliphatic rings. The summed E-state index contributed by atoms with van der Waals surface area (Å²) < 4.78 is 2.08. The Kier molecular flexibility index (Phi) is 7.69. The van der Waals surface area contributed by atoms with Crippen LogP contribution in [-0.4, -0.2) is 40.5 Å². The molecule has 3 aromatic rings. The summed E-state index contributed by atoms with van der Waals surface area (Å²) >= 11 is 0. The van der Waals surface area contributed by atoms with E-state index in [2.05, 4.69) is 79.4 Å². The van der Waals surface area contributed by atoms with Crippen LogP contribution in [-0.2, 0) is 13.1 Å². The predicted octanol–water partition coefficient (Wildman–Crippen LogP) is 4.11. The van der Waals surface area contributed by atoms with Gasteiger partial charge in [0.25, 0.3) is 0 Å². The highest BCUT2D eigenvalue weighted by molar-refractivity contribution is 14.0. The predicted molar refractivity (Wildman–Crippen MR) is 129 cm³/mol. The van der Waals surface area contributed by atoms with Gasteiger partial charge in [-0.05, 0) is 23.1 Å². The Bertz CT molecular complexity index is 891. The molecule has 0 aliphatic carbocycles. The monoisotopic (exact) mass is 501 g/mol. The van der Waals surface area contributed by atoms with Crippen molar-refractivity contribution in [2.45, 2.75) is 25.4 Å². The summed E-state index contributed by atoms with van der Waals surface area (Å²) in [6.45, 7) is 3.70. The first-order valence-corrected chi connectivity index (χ1v) is 9.86. The first kappa shape index (κ1) is 21.4. The first-order valence-electron chi connectivity index (χ1n) is 9.86. The zero-order valence-corrected chi connectivity index (χ0v) is 19.1. The van der Waals surface area contributed by atoms with Crippen molar-refractivity contribution < 1.29 is 0 Å². The van der Waals surface area contributed by atoms with Crippen molar-refractivity contribution in [1.29, 1.82) is 0 Å². The van der Waals surface area contributed by atoms with Crippen LogP contribution in [0, 0.1) is 0 Å². The number of halogens is 1. The Hall–Kier alpha value is -2.35. The minimum absolute atomic E-state index is 0. The fourth-order valence-electron chi connectivity index (χ4n) is 3.82. The SMILES string of the molecule is CN=C(NCc1ccc(Cn2ccnc2)cc1)N1CCC(c2ccccc2)C1.I. The van der Waals surface area contributed by atoms with Crippen LogP contribution >= 0.6 is 24.0 Å². The molecule has 4 rings (SSSR count). The maximum Gasteiger partial charge on any atom is 0.193 e. The summed E-state index contributed by atoms with van der Waals surface area (Å²) in [5.74, 6) is 1.57. The zero-order chi connectivity index (χ0) is 19.2. The fourth-order valence-corrected chi connectivity index (χ4v) is 3.82. The molecule has 1 unspecified atom stereocenters. The summed E-state index contributed by atoms with van der Waals surface area (Å²) in [6.07, 6.45) is 6.81. The van der Waals surface area contributed by atoms with Crippen molar-refractivity contribution in [1.82, 2.24) is 19.8 Å². The maximum absolute atomic E-state index is 4.50. The van der Waals surface area contributed by atoms with Gasteiger partial charge in [-0.1, -0.05) is 54.6 Å². The van der Waals surface area contributed by atoms with Crippen molar-refractivity contribution in [3.8, 4) is 0 Å². The lowest BCUT2D eigenvalue weighted by atomic mass is 9.99. The lowest BCUT2D eigenvalue weighted by Crippen LogP contribution is -2.39. The Morgan fingerprint density at radius 1 is 1.10 bits per heavy atom. The smallest absolute Gasteiger partial charge is 0.193 e. The molecule has 1 fully saturated rings. The number of imidazole rings is 1. The summed E-state index contributed by atoms with van der Waals surface area (Å²) in [5.41, 5.74) is 3.96. The van der Waals surface area contributed by atoms with Crippen LogP contribution in [0.5, 0.6) is 0 Å². The number of hydrogen-bond donors (Lipinski definition) is 1. The number of nitrogens with one attached hydrogen (secondary N) is 1. The molecule has 0 saturated carbocycles. The quantitative estimate of drug-likeness (QED) is 0.325. The van der Waals surface area contributed by atoms with Gasteiger partial charge in [-0.2, -0.15) is 0 Å². The molecule has 6 heteroatoms. The molecule has 1 N–H and O–H groups in total. The van der Waals surface area contributed by atoms with E-state index >= 15 is 0 Å². The Balaban J connectivity index is 0.00000240. The molecular weight excluding hydrogens is 473 g/mol. The average Bonchev–Trinajstić information content (AvgIpc) is 3.43. The lowest BCUT2D eigenvalue weighted by molar-refractivity contribution is 0.486. The van der Waals surface area contributed by atoms with Crippen molar-refractivity contribution in [2.75, 3.05) is 20.1 Å². The summed E-state index contributed by atoms with van der Waals surface area (Å²) in [6, 6.07) is 19.5. The van der Waals surface area contributed by atoms with Gasteiger partial charge in [0.05, 0.1) is 6.33 Å². The van der Waals surface area contributed by atoms with Crippen LogP contribution in [0.25, 0.3) is 0 Å². The van der Waals surface area contributed by atoms with Gasteiger partial charge in [0.2, 0.25) is 0 Å². The summed E-state index contributed by atoms with van der Waals surface area (Å²) in [5, 5.41) is 3.53. The molecule has 1 saturated heterocycles. The molecule has 1 atom stereocenters. The van der Waals surface area contributed by atoms with E-state index < -0.39 is 0 Å². The van der Waals surface area contributed by atoms with Crippen molar-refractivity contribution in [2.24, 2.45) is 4.99 Å². The molecular formula is C23H28IN5. The second-order valence-corrected chi connectivity index (χ2v) is 7.29. The molecule has 0 radical (unpaired) electrons. The average molecular weight is 501 g/mol. The highest BCUT2D eigenvalue weighted by Crippen LogP contribution is 2.26. The number of nitrogens with zero attached hydrogens (tertiary/aromatic N) is 4. The largest absolute Gasteiger partial charge is 0.352 e. The normalized spacial score (nSPS) is 16.5. The molecule has 2 aromatic carbocycles. The van der Waals surface area contributed by atoms with Crippen molar-refractivity contribution >= 4 is 29.9 Å². The highest BCUT2D eigenvalue weighted by atomic mass is 127. The first-order chi connectivity index (χ1) is 13.8. The second kappa shape index (κ2) is 10.4. The number of aromatic nitrogens is 2. The van der Waals surface area contributed by atoms with E-state index in [9.17, 15) is 0 Å². The molecule has 5 nitrogen and oxygen atoms in total. The van der Waals surface area contributed by atoms with Gasteiger partial charge >= 0.3 is 0 Å². The Morgan fingerprint density at radius 3 is 2.55 bits per heavy atom. The van der Waals surface area contributed by atoms with Gasteiger partial charge in [0.15, 0.2) is 5.96 Å². The van der Waals surface area contributed by atoms with Crippen LogP contribution in [0.3, 0.4) is 0 Å². The minimum atomic E-state index is 0. The van der Waals surface area contributed by atoms with Crippen LogP contribution in [0.4, 0.5) is 0 Å². The number of benzene rings is 2. The number of aliphatic imine (C=N–C) groups is 1. The van der Waals surface area contributed by atoms with Gasteiger partial charge in [0, 0.05) is 51.5 Å². The number of rotatable bonds is 5.